The van der Waals surface area contributed by atoms with Gasteiger partial charge < -0.3 is 23.7 Å². The molecule has 2 aliphatic rings. The third-order valence-electron chi connectivity index (χ3n) is 4.73. The SMILES string of the molecule is CC1(C)O[C@H]2[C@@H](OC(=O)c3ccccc3)O[C@H](COC(=O)c3ccccc3)[C@H]2O1. The van der Waals surface area contributed by atoms with Crippen molar-refractivity contribution in [2.24, 2.45) is 0 Å². The van der Waals surface area contributed by atoms with E-state index < -0.39 is 42.3 Å². The van der Waals surface area contributed by atoms with Gasteiger partial charge in [0.25, 0.3) is 0 Å². The molecule has 29 heavy (non-hydrogen) atoms. The molecule has 7 nitrogen and oxygen atoms in total. The molecule has 0 aromatic heterocycles. The molecule has 0 bridgehead atoms. The monoisotopic (exact) mass is 398 g/mol. The quantitative estimate of drug-likeness (QED) is 0.717. The summed E-state index contributed by atoms with van der Waals surface area (Å²) in [4.78, 5) is 24.7. The minimum Gasteiger partial charge on any atom is -0.459 e. The van der Waals surface area contributed by atoms with Gasteiger partial charge in [-0.1, -0.05) is 36.4 Å². The topological polar surface area (TPSA) is 80.3 Å². The molecular formula is C22H22O7. The van der Waals surface area contributed by atoms with Crippen LogP contribution >= 0.6 is 0 Å². The summed E-state index contributed by atoms with van der Waals surface area (Å²) in [7, 11) is 0. The lowest BCUT2D eigenvalue weighted by Crippen LogP contribution is -2.33. The smallest absolute Gasteiger partial charge is 0.340 e. The Balaban J connectivity index is 1.43. The van der Waals surface area contributed by atoms with E-state index in [4.69, 9.17) is 23.7 Å². The van der Waals surface area contributed by atoms with E-state index in [2.05, 4.69) is 0 Å². The minimum atomic E-state index is -0.963. The maximum atomic E-state index is 12.4. The molecule has 0 N–H and O–H groups in total. The van der Waals surface area contributed by atoms with Gasteiger partial charge in [0.1, 0.15) is 18.8 Å². The van der Waals surface area contributed by atoms with Crippen LogP contribution in [0.1, 0.15) is 34.6 Å². The molecule has 152 valence electrons. The average molecular weight is 398 g/mol. The number of rotatable bonds is 5. The molecule has 7 heteroatoms. The van der Waals surface area contributed by atoms with Gasteiger partial charge in [-0.3, -0.25) is 0 Å². The van der Waals surface area contributed by atoms with Crippen LogP contribution in [0.2, 0.25) is 0 Å². The second-order valence-electron chi connectivity index (χ2n) is 7.34. The van der Waals surface area contributed by atoms with Crippen LogP contribution in [0.5, 0.6) is 0 Å². The summed E-state index contributed by atoms with van der Waals surface area (Å²) in [6.07, 6.45) is -2.72. The van der Waals surface area contributed by atoms with Gasteiger partial charge in [0.2, 0.25) is 6.29 Å². The van der Waals surface area contributed by atoms with Crippen LogP contribution < -0.4 is 0 Å². The first kappa shape index (κ1) is 19.6. The van der Waals surface area contributed by atoms with Gasteiger partial charge in [0.15, 0.2) is 11.9 Å². The van der Waals surface area contributed by atoms with Crippen molar-refractivity contribution in [3.8, 4) is 0 Å². The number of hydrogen-bond acceptors (Lipinski definition) is 7. The summed E-state index contributed by atoms with van der Waals surface area (Å²) in [6, 6.07) is 17.3. The average Bonchev–Trinajstić information content (AvgIpc) is 3.21. The molecule has 4 rings (SSSR count). The molecular weight excluding hydrogens is 376 g/mol. The number of esters is 2. The largest absolute Gasteiger partial charge is 0.459 e. The molecule has 2 aliphatic heterocycles. The summed E-state index contributed by atoms with van der Waals surface area (Å²) in [6.45, 7) is 3.50. The molecule has 0 amide bonds. The van der Waals surface area contributed by atoms with Crippen molar-refractivity contribution >= 4 is 11.9 Å². The van der Waals surface area contributed by atoms with Gasteiger partial charge >= 0.3 is 11.9 Å². The molecule has 0 unspecified atom stereocenters. The van der Waals surface area contributed by atoms with Crippen LogP contribution in [0, 0.1) is 0 Å². The molecule has 2 saturated heterocycles. The van der Waals surface area contributed by atoms with E-state index in [1.807, 2.05) is 12.1 Å². The molecule has 2 heterocycles. The zero-order valence-electron chi connectivity index (χ0n) is 16.1. The predicted octanol–water partition coefficient (Wildman–Crippen LogP) is 2.95. The molecule has 0 aliphatic carbocycles. The van der Waals surface area contributed by atoms with Crippen molar-refractivity contribution in [2.45, 2.75) is 44.2 Å². The Morgan fingerprint density at radius 1 is 0.862 bits per heavy atom. The normalized spacial score (nSPS) is 27.2. The highest BCUT2D eigenvalue weighted by Gasteiger charge is 2.57. The first-order chi connectivity index (χ1) is 13.9. The summed E-state index contributed by atoms with van der Waals surface area (Å²) in [5.41, 5.74) is 0.850. The van der Waals surface area contributed by atoms with Crippen molar-refractivity contribution in [2.75, 3.05) is 6.61 Å². The van der Waals surface area contributed by atoms with Crippen molar-refractivity contribution < 1.29 is 33.3 Å². The highest BCUT2D eigenvalue weighted by atomic mass is 16.8. The fraction of sp³-hybridized carbons (Fsp3) is 0.364. The maximum absolute atomic E-state index is 12.4. The van der Waals surface area contributed by atoms with Gasteiger partial charge in [-0.15, -0.1) is 0 Å². The Morgan fingerprint density at radius 3 is 2.03 bits per heavy atom. The molecule has 0 saturated carbocycles. The van der Waals surface area contributed by atoms with E-state index in [9.17, 15) is 9.59 Å². The van der Waals surface area contributed by atoms with Gasteiger partial charge in [-0.2, -0.15) is 0 Å². The zero-order chi connectivity index (χ0) is 20.4. The number of fused-ring (bicyclic) bond motifs is 1. The van der Waals surface area contributed by atoms with Crippen LogP contribution in [0.15, 0.2) is 60.7 Å². The highest BCUT2D eigenvalue weighted by molar-refractivity contribution is 5.89. The lowest BCUT2D eigenvalue weighted by atomic mass is 10.1. The Labute approximate surface area is 168 Å². The van der Waals surface area contributed by atoms with Crippen molar-refractivity contribution in [1.82, 2.24) is 0 Å². The van der Waals surface area contributed by atoms with Crippen molar-refractivity contribution in [3.05, 3.63) is 71.8 Å². The molecule has 0 spiro atoms. The van der Waals surface area contributed by atoms with Gasteiger partial charge in [-0.25, -0.2) is 9.59 Å². The number of carbonyl (C=O) groups excluding carboxylic acids is 2. The van der Waals surface area contributed by atoms with Gasteiger partial charge in [0, 0.05) is 0 Å². The van der Waals surface area contributed by atoms with E-state index in [1.54, 1.807) is 62.4 Å². The number of carbonyl (C=O) groups is 2. The van der Waals surface area contributed by atoms with Gasteiger partial charge in [-0.05, 0) is 38.1 Å². The lowest BCUT2D eigenvalue weighted by molar-refractivity contribution is -0.223. The Morgan fingerprint density at radius 2 is 1.41 bits per heavy atom. The Hall–Kier alpha value is -2.74. The second kappa shape index (κ2) is 7.94. The van der Waals surface area contributed by atoms with Crippen LogP contribution in [0.4, 0.5) is 0 Å². The first-order valence-corrected chi connectivity index (χ1v) is 9.42. The van der Waals surface area contributed by atoms with Crippen LogP contribution in [0.3, 0.4) is 0 Å². The van der Waals surface area contributed by atoms with Crippen LogP contribution in [-0.2, 0) is 23.7 Å². The van der Waals surface area contributed by atoms with Crippen molar-refractivity contribution in [1.29, 1.82) is 0 Å². The van der Waals surface area contributed by atoms with Crippen LogP contribution in [-0.4, -0.2) is 48.9 Å². The predicted molar refractivity (Wildman–Crippen MR) is 101 cm³/mol. The lowest BCUT2D eigenvalue weighted by Gasteiger charge is -2.24. The maximum Gasteiger partial charge on any atom is 0.340 e. The molecule has 2 aromatic carbocycles. The molecule has 2 fully saturated rings. The summed E-state index contributed by atoms with van der Waals surface area (Å²) in [5, 5.41) is 0. The second-order valence-corrected chi connectivity index (χ2v) is 7.34. The minimum absolute atomic E-state index is 0.0479. The summed E-state index contributed by atoms with van der Waals surface area (Å²) in [5.74, 6) is -1.85. The highest BCUT2D eigenvalue weighted by Crippen LogP contribution is 2.39. The van der Waals surface area contributed by atoms with E-state index in [-0.39, 0.29) is 6.61 Å². The first-order valence-electron chi connectivity index (χ1n) is 9.42. The standard InChI is InChI=1S/C22H22O7/c1-22(2)28-17-16(13-25-19(23)14-9-5-3-6-10-14)26-21(18(17)29-22)27-20(24)15-11-7-4-8-12-15/h3-12,16-18,21H,13H2,1-2H3/t16-,17-,18-,21-/m1/s1. The fourth-order valence-electron chi connectivity index (χ4n) is 3.43. The van der Waals surface area contributed by atoms with Gasteiger partial charge in [0.05, 0.1) is 11.1 Å². The van der Waals surface area contributed by atoms with Crippen molar-refractivity contribution in [3.63, 3.8) is 0 Å². The number of benzene rings is 2. The van der Waals surface area contributed by atoms with E-state index >= 15 is 0 Å². The van der Waals surface area contributed by atoms with E-state index in [1.165, 1.54) is 0 Å². The van der Waals surface area contributed by atoms with E-state index in [0.29, 0.717) is 11.1 Å². The fourth-order valence-corrected chi connectivity index (χ4v) is 3.43. The molecule has 4 atom stereocenters. The number of ether oxygens (including phenoxy) is 5. The van der Waals surface area contributed by atoms with E-state index in [0.717, 1.165) is 0 Å². The zero-order valence-corrected chi connectivity index (χ0v) is 16.1. The molecule has 2 aromatic rings. The summed E-state index contributed by atoms with van der Waals surface area (Å²) < 4.78 is 28.5. The Kier molecular flexibility index (Phi) is 5.36. The number of hydrogen-bond donors (Lipinski definition) is 0. The Bertz CT molecular complexity index is 865. The summed E-state index contributed by atoms with van der Waals surface area (Å²) >= 11 is 0. The third-order valence-corrected chi connectivity index (χ3v) is 4.73. The van der Waals surface area contributed by atoms with Crippen LogP contribution in [0.25, 0.3) is 0 Å². The third kappa shape index (κ3) is 4.32. The molecule has 0 radical (unpaired) electrons.